The molecule has 0 heterocycles. The van der Waals surface area contributed by atoms with Gasteiger partial charge in [-0.2, -0.15) is 4.36 Å². The van der Waals surface area contributed by atoms with E-state index in [1.165, 1.54) is 43.5 Å². The molecule has 1 aromatic carbocycles. The van der Waals surface area contributed by atoms with Gasteiger partial charge in [-0.15, -0.1) is 11.8 Å². The molecule has 0 radical (unpaired) electrons. The Kier molecular flexibility index (Phi) is 6.29. The van der Waals surface area contributed by atoms with Crippen molar-refractivity contribution in [2.45, 2.75) is 11.3 Å². The molecule has 0 fully saturated rings. The lowest BCUT2D eigenvalue weighted by atomic mass is 10.3. The average Bonchev–Trinajstić information content (AvgIpc) is 2.35. The Balaban J connectivity index is 2.98. The van der Waals surface area contributed by atoms with Gasteiger partial charge in [0.1, 0.15) is 5.69 Å². The van der Waals surface area contributed by atoms with E-state index in [2.05, 4.69) is 9.10 Å². The second-order valence-corrected chi connectivity index (χ2v) is 8.22. The number of thioether (sulfide) groups is 1. The third-order valence-corrected chi connectivity index (χ3v) is 4.31. The minimum Gasteiger partial charge on any atom is -0.469 e. The number of carbonyl (C=O) groups is 1. The lowest BCUT2D eigenvalue weighted by molar-refractivity contribution is -0.140. The Morgan fingerprint density at radius 3 is 2.70 bits per heavy atom. The fourth-order valence-electron chi connectivity index (χ4n) is 1.28. The zero-order valence-electron chi connectivity index (χ0n) is 11.3. The molecule has 0 saturated carbocycles. The number of halogens is 2. The maximum Gasteiger partial charge on any atom is 0.306 e. The van der Waals surface area contributed by atoms with E-state index in [0.717, 1.165) is 0 Å². The number of benzene rings is 1. The molecule has 112 valence electrons. The Morgan fingerprint density at radius 2 is 2.15 bits per heavy atom. The molecule has 0 amide bonds. The van der Waals surface area contributed by atoms with Crippen molar-refractivity contribution in [1.82, 2.24) is 0 Å². The highest BCUT2D eigenvalue weighted by atomic mass is 35.5. The number of hydrogen-bond acceptors (Lipinski definition) is 5. The van der Waals surface area contributed by atoms with Crippen LogP contribution in [-0.4, -0.2) is 35.6 Å². The first-order valence-electron chi connectivity index (χ1n) is 5.59. The zero-order chi connectivity index (χ0) is 15.3. The van der Waals surface area contributed by atoms with Crippen molar-refractivity contribution >= 4 is 44.7 Å². The van der Waals surface area contributed by atoms with Gasteiger partial charge in [-0.3, -0.25) is 4.79 Å². The van der Waals surface area contributed by atoms with Crippen molar-refractivity contribution in [2.75, 3.05) is 25.4 Å². The van der Waals surface area contributed by atoms with Crippen molar-refractivity contribution in [3.63, 3.8) is 0 Å². The monoisotopic (exact) mass is 339 g/mol. The zero-order valence-corrected chi connectivity index (χ0v) is 13.7. The summed E-state index contributed by atoms with van der Waals surface area (Å²) in [5, 5.41) is 0.108. The molecule has 0 unspecified atom stereocenters. The van der Waals surface area contributed by atoms with Crippen LogP contribution in [0.2, 0.25) is 5.02 Å². The molecule has 1 aromatic rings. The van der Waals surface area contributed by atoms with Crippen LogP contribution in [0.5, 0.6) is 0 Å². The molecule has 0 spiro atoms. The van der Waals surface area contributed by atoms with E-state index in [4.69, 9.17) is 11.6 Å². The summed E-state index contributed by atoms with van der Waals surface area (Å²) >= 11 is 7.36. The third kappa shape index (κ3) is 5.30. The molecule has 0 atom stereocenters. The Labute approximate surface area is 127 Å². The second kappa shape index (κ2) is 7.28. The molecule has 0 N–H and O–H groups in total. The Morgan fingerprint density at radius 1 is 1.50 bits per heavy atom. The van der Waals surface area contributed by atoms with Crippen molar-refractivity contribution in [3.8, 4) is 0 Å². The van der Waals surface area contributed by atoms with Crippen molar-refractivity contribution in [2.24, 2.45) is 4.36 Å². The normalized spacial score (nSPS) is 11.2. The van der Waals surface area contributed by atoms with Gasteiger partial charge in [0.25, 0.3) is 0 Å². The number of hydrogen-bond donors (Lipinski definition) is 0. The van der Waals surface area contributed by atoms with Gasteiger partial charge in [-0.05, 0) is 12.1 Å². The van der Waals surface area contributed by atoms with E-state index < -0.39 is 15.5 Å². The summed E-state index contributed by atoms with van der Waals surface area (Å²) in [5.74, 6) is -0.500. The number of rotatable bonds is 5. The lowest BCUT2D eigenvalue weighted by Crippen LogP contribution is -2.01. The summed E-state index contributed by atoms with van der Waals surface area (Å²) in [6.07, 6.45) is 3.03. The SMILES string of the molecule is COC(=O)CCSc1ccc(F)c(N=S(C)(C)=O)c1Cl. The van der Waals surface area contributed by atoms with E-state index in [1.54, 1.807) is 0 Å². The molecule has 0 saturated heterocycles. The van der Waals surface area contributed by atoms with Gasteiger partial charge in [0.2, 0.25) is 0 Å². The largest absolute Gasteiger partial charge is 0.469 e. The summed E-state index contributed by atoms with van der Waals surface area (Å²) in [7, 11) is -1.20. The van der Waals surface area contributed by atoms with Crippen LogP contribution in [0.15, 0.2) is 21.4 Å². The third-order valence-electron chi connectivity index (χ3n) is 2.13. The molecule has 0 bridgehead atoms. The van der Waals surface area contributed by atoms with Crippen molar-refractivity contribution < 1.29 is 18.1 Å². The fraction of sp³-hybridized carbons (Fsp3) is 0.417. The molecule has 0 aliphatic rings. The number of esters is 1. The van der Waals surface area contributed by atoms with Gasteiger partial charge in [-0.1, -0.05) is 11.6 Å². The lowest BCUT2D eigenvalue weighted by Gasteiger charge is -2.08. The van der Waals surface area contributed by atoms with Crippen LogP contribution in [0.1, 0.15) is 6.42 Å². The number of ether oxygens (including phenoxy) is 1. The first-order valence-corrected chi connectivity index (χ1v) is 9.29. The summed E-state index contributed by atoms with van der Waals surface area (Å²) in [5.41, 5.74) is -0.107. The summed E-state index contributed by atoms with van der Waals surface area (Å²) in [4.78, 5) is 11.6. The Hall–Kier alpha value is -0.790. The maximum absolute atomic E-state index is 13.7. The molecule has 0 aliphatic heterocycles. The number of methoxy groups -OCH3 is 1. The predicted octanol–water partition coefficient (Wildman–Crippen LogP) is 3.49. The van der Waals surface area contributed by atoms with Crippen LogP contribution in [0.25, 0.3) is 0 Å². The van der Waals surface area contributed by atoms with Crippen LogP contribution in [0.3, 0.4) is 0 Å². The molecule has 0 aromatic heterocycles. The summed E-state index contributed by atoms with van der Waals surface area (Å²) < 4.78 is 33.7. The molecule has 20 heavy (non-hydrogen) atoms. The first kappa shape index (κ1) is 17.3. The highest BCUT2D eigenvalue weighted by Gasteiger charge is 2.13. The number of nitrogens with zero attached hydrogens (tertiary/aromatic N) is 1. The second-order valence-electron chi connectivity index (χ2n) is 4.16. The van der Waals surface area contributed by atoms with Crippen LogP contribution < -0.4 is 0 Å². The standard InChI is InChI=1S/C12H15ClFNO3S2/c1-18-10(16)6-7-19-9-5-4-8(14)12(11(9)13)15-20(2,3)17/h4-5H,6-7H2,1-3H3. The topological polar surface area (TPSA) is 55.7 Å². The van der Waals surface area contributed by atoms with E-state index in [1.807, 2.05) is 0 Å². The number of carbonyl (C=O) groups excluding carboxylic acids is 1. The summed E-state index contributed by atoms with van der Waals surface area (Å²) in [6, 6.07) is 2.72. The average molecular weight is 340 g/mol. The van der Waals surface area contributed by atoms with Gasteiger partial charge in [0, 0.05) is 32.9 Å². The van der Waals surface area contributed by atoms with Gasteiger partial charge in [0.05, 0.1) is 18.6 Å². The summed E-state index contributed by atoms with van der Waals surface area (Å²) in [6.45, 7) is 0. The van der Waals surface area contributed by atoms with E-state index in [-0.39, 0.29) is 23.1 Å². The van der Waals surface area contributed by atoms with Gasteiger partial charge >= 0.3 is 5.97 Å². The highest BCUT2D eigenvalue weighted by Crippen LogP contribution is 2.37. The maximum atomic E-state index is 13.7. The molecular formula is C12H15ClFNO3S2. The molecule has 1 rings (SSSR count). The van der Waals surface area contributed by atoms with Crippen LogP contribution in [0, 0.1) is 5.82 Å². The highest BCUT2D eigenvalue weighted by molar-refractivity contribution is 7.99. The Bertz CT molecular complexity index is 619. The van der Waals surface area contributed by atoms with Crippen molar-refractivity contribution in [1.29, 1.82) is 0 Å². The van der Waals surface area contributed by atoms with Gasteiger partial charge in [0.15, 0.2) is 5.82 Å². The van der Waals surface area contributed by atoms with Crippen molar-refractivity contribution in [3.05, 3.63) is 23.0 Å². The quantitative estimate of drug-likeness (QED) is 0.608. The van der Waals surface area contributed by atoms with Gasteiger partial charge < -0.3 is 4.74 Å². The smallest absolute Gasteiger partial charge is 0.306 e. The molecular weight excluding hydrogens is 325 g/mol. The molecule has 4 nitrogen and oxygen atoms in total. The van der Waals surface area contributed by atoms with E-state index in [0.29, 0.717) is 10.6 Å². The first-order chi connectivity index (χ1) is 9.24. The molecule has 0 aliphatic carbocycles. The fourth-order valence-corrected chi connectivity index (χ4v) is 3.19. The molecule has 8 heteroatoms. The predicted molar refractivity (Wildman–Crippen MR) is 80.8 cm³/mol. The minimum atomic E-state index is -2.51. The van der Waals surface area contributed by atoms with Crippen LogP contribution in [-0.2, 0) is 19.3 Å². The minimum absolute atomic E-state index is 0.107. The van der Waals surface area contributed by atoms with Crippen LogP contribution in [0.4, 0.5) is 10.1 Å². The van der Waals surface area contributed by atoms with E-state index in [9.17, 15) is 13.4 Å². The van der Waals surface area contributed by atoms with Crippen LogP contribution >= 0.6 is 23.4 Å². The van der Waals surface area contributed by atoms with E-state index >= 15 is 0 Å². The van der Waals surface area contributed by atoms with Gasteiger partial charge in [-0.25, -0.2) is 8.60 Å².